The van der Waals surface area contributed by atoms with Crippen LogP contribution in [0.25, 0.3) is 10.6 Å². The van der Waals surface area contributed by atoms with Crippen molar-refractivity contribution in [3.8, 4) is 22.9 Å². The third-order valence-corrected chi connectivity index (χ3v) is 4.76. The number of pyridine rings is 1. The molecule has 0 amide bonds. The van der Waals surface area contributed by atoms with Crippen molar-refractivity contribution in [2.75, 3.05) is 0 Å². The lowest BCUT2D eigenvalue weighted by atomic mass is 10.1. The van der Waals surface area contributed by atoms with Crippen LogP contribution in [-0.2, 0) is 4.74 Å². The van der Waals surface area contributed by atoms with E-state index < -0.39 is 12.1 Å². The molecule has 1 unspecified atom stereocenters. The summed E-state index contributed by atoms with van der Waals surface area (Å²) in [6, 6.07) is 15.2. The van der Waals surface area contributed by atoms with Gasteiger partial charge in [-0.15, -0.1) is 23.7 Å². The van der Waals surface area contributed by atoms with Crippen molar-refractivity contribution >= 4 is 17.3 Å². The van der Waals surface area contributed by atoms with Crippen LogP contribution in [0, 0.1) is 19.3 Å². The molecule has 2 heterocycles. The maximum absolute atomic E-state index is 12.6. The Morgan fingerprint density at radius 3 is 2.68 bits per heavy atom. The molecule has 124 valence electrons. The molecule has 1 aromatic carbocycles. The summed E-state index contributed by atoms with van der Waals surface area (Å²) < 4.78 is 5.62. The summed E-state index contributed by atoms with van der Waals surface area (Å²) in [5.41, 5.74) is 2.26. The van der Waals surface area contributed by atoms with Gasteiger partial charge in [-0.3, -0.25) is 4.98 Å². The number of terminal acetylenes is 1. The number of hydrogen-bond acceptors (Lipinski definition) is 5. The second kappa shape index (κ2) is 7.73. The maximum Gasteiger partial charge on any atom is 0.350 e. The van der Waals surface area contributed by atoms with Crippen molar-refractivity contribution in [1.29, 1.82) is 0 Å². The average molecular weight is 348 g/mol. The number of thiazole rings is 1. The predicted octanol–water partition coefficient (Wildman–Crippen LogP) is 4.43. The zero-order valence-corrected chi connectivity index (χ0v) is 14.5. The van der Waals surface area contributed by atoms with E-state index in [9.17, 15) is 4.79 Å². The van der Waals surface area contributed by atoms with E-state index in [1.54, 1.807) is 25.3 Å². The molecule has 3 rings (SSSR count). The fourth-order valence-electron chi connectivity index (χ4n) is 2.35. The van der Waals surface area contributed by atoms with Gasteiger partial charge in [0.2, 0.25) is 0 Å². The van der Waals surface area contributed by atoms with Crippen molar-refractivity contribution in [3.05, 3.63) is 71.0 Å². The SMILES string of the molecule is C#CCC(OC(=O)c1sc(-c2ccccc2)nc1C)c1ccccn1. The van der Waals surface area contributed by atoms with Gasteiger partial charge in [-0.1, -0.05) is 36.4 Å². The second-order valence-corrected chi connectivity index (χ2v) is 6.36. The molecular formula is C20H16N2O2S. The highest BCUT2D eigenvalue weighted by Gasteiger charge is 2.22. The molecule has 2 aromatic heterocycles. The summed E-state index contributed by atoms with van der Waals surface area (Å²) in [6.07, 6.45) is 6.76. The minimum absolute atomic E-state index is 0.270. The number of benzene rings is 1. The van der Waals surface area contributed by atoms with Gasteiger partial charge >= 0.3 is 5.97 Å². The molecular weight excluding hydrogens is 332 g/mol. The molecule has 4 nitrogen and oxygen atoms in total. The molecule has 0 spiro atoms. The van der Waals surface area contributed by atoms with Crippen LogP contribution in [0.3, 0.4) is 0 Å². The van der Waals surface area contributed by atoms with Crippen molar-refractivity contribution in [1.82, 2.24) is 9.97 Å². The number of rotatable bonds is 5. The largest absolute Gasteiger partial charge is 0.451 e. The van der Waals surface area contributed by atoms with E-state index in [-0.39, 0.29) is 6.42 Å². The molecule has 0 saturated carbocycles. The fraction of sp³-hybridized carbons (Fsp3) is 0.150. The zero-order chi connectivity index (χ0) is 17.6. The maximum atomic E-state index is 12.6. The number of nitrogens with zero attached hydrogens (tertiary/aromatic N) is 2. The van der Waals surface area contributed by atoms with Gasteiger partial charge in [0, 0.05) is 11.8 Å². The van der Waals surface area contributed by atoms with Gasteiger partial charge in [0.05, 0.1) is 17.8 Å². The van der Waals surface area contributed by atoms with Crippen LogP contribution in [0.1, 0.15) is 33.6 Å². The summed E-state index contributed by atoms with van der Waals surface area (Å²) in [4.78, 5) is 21.8. The lowest BCUT2D eigenvalue weighted by Crippen LogP contribution is -2.12. The molecule has 0 aliphatic carbocycles. The highest BCUT2D eigenvalue weighted by molar-refractivity contribution is 7.17. The Balaban J connectivity index is 1.83. The third kappa shape index (κ3) is 3.93. The average Bonchev–Trinajstić information content (AvgIpc) is 3.05. The lowest BCUT2D eigenvalue weighted by Gasteiger charge is -2.14. The van der Waals surface area contributed by atoms with E-state index in [2.05, 4.69) is 15.9 Å². The molecule has 25 heavy (non-hydrogen) atoms. The highest BCUT2D eigenvalue weighted by atomic mass is 32.1. The Bertz CT molecular complexity index is 898. The second-order valence-electron chi connectivity index (χ2n) is 5.36. The summed E-state index contributed by atoms with van der Waals surface area (Å²) in [6.45, 7) is 1.80. The Morgan fingerprint density at radius 2 is 2.00 bits per heavy atom. The summed E-state index contributed by atoms with van der Waals surface area (Å²) in [7, 11) is 0. The van der Waals surface area contributed by atoms with Crippen LogP contribution in [0.5, 0.6) is 0 Å². The number of aryl methyl sites for hydroxylation is 1. The van der Waals surface area contributed by atoms with Gasteiger partial charge in [-0.05, 0) is 19.1 Å². The van der Waals surface area contributed by atoms with Gasteiger partial charge in [0.1, 0.15) is 9.88 Å². The number of hydrogen-bond donors (Lipinski definition) is 0. The van der Waals surface area contributed by atoms with Gasteiger partial charge < -0.3 is 4.74 Å². The smallest absolute Gasteiger partial charge is 0.350 e. The Labute approximate surface area is 150 Å². The van der Waals surface area contributed by atoms with Gasteiger partial charge in [-0.2, -0.15) is 0 Å². The standard InChI is InChI=1S/C20H16N2O2S/c1-3-9-17(16-12-7-8-13-21-16)24-20(23)18-14(2)22-19(25-18)15-10-5-4-6-11-15/h1,4-8,10-13,17H,9H2,2H3. The van der Waals surface area contributed by atoms with Crippen LogP contribution >= 0.6 is 11.3 Å². The molecule has 5 heteroatoms. The molecule has 0 aliphatic rings. The van der Waals surface area contributed by atoms with Crippen LogP contribution < -0.4 is 0 Å². The van der Waals surface area contributed by atoms with E-state index >= 15 is 0 Å². The first-order chi connectivity index (χ1) is 12.2. The van der Waals surface area contributed by atoms with E-state index in [0.717, 1.165) is 10.6 Å². The predicted molar refractivity (Wildman–Crippen MR) is 98.1 cm³/mol. The zero-order valence-electron chi connectivity index (χ0n) is 13.7. The molecule has 0 saturated heterocycles. The first kappa shape index (κ1) is 16.9. The van der Waals surface area contributed by atoms with Crippen LogP contribution in [0.2, 0.25) is 0 Å². The molecule has 0 fully saturated rings. The van der Waals surface area contributed by atoms with E-state index in [1.807, 2.05) is 36.4 Å². The van der Waals surface area contributed by atoms with E-state index in [4.69, 9.17) is 11.2 Å². The number of ether oxygens (including phenoxy) is 1. The van der Waals surface area contributed by atoms with E-state index in [0.29, 0.717) is 16.3 Å². The van der Waals surface area contributed by atoms with Crippen LogP contribution in [0.4, 0.5) is 0 Å². The first-order valence-corrected chi connectivity index (χ1v) is 8.59. The van der Waals surface area contributed by atoms with Crippen molar-refractivity contribution in [3.63, 3.8) is 0 Å². The topological polar surface area (TPSA) is 52.1 Å². The van der Waals surface area contributed by atoms with Gasteiger partial charge in [-0.25, -0.2) is 9.78 Å². The quantitative estimate of drug-likeness (QED) is 0.505. The normalized spacial score (nSPS) is 11.5. The van der Waals surface area contributed by atoms with Gasteiger partial charge in [0.15, 0.2) is 6.10 Å². The van der Waals surface area contributed by atoms with Crippen LogP contribution in [-0.4, -0.2) is 15.9 Å². The number of carbonyl (C=O) groups excluding carboxylic acids is 1. The third-order valence-electron chi connectivity index (χ3n) is 3.57. The Hall–Kier alpha value is -2.97. The number of aromatic nitrogens is 2. The summed E-state index contributed by atoms with van der Waals surface area (Å²) in [5.74, 6) is 2.11. The fourth-order valence-corrected chi connectivity index (χ4v) is 3.31. The minimum atomic E-state index is -0.569. The van der Waals surface area contributed by atoms with Gasteiger partial charge in [0.25, 0.3) is 0 Å². The molecule has 0 N–H and O–H groups in total. The number of carbonyl (C=O) groups is 1. The lowest BCUT2D eigenvalue weighted by molar-refractivity contribution is 0.0303. The monoisotopic (exact) mass is 348 g/mol. The first-order valence-electron chi connectivity index (χ1n) is 7.77. The molecule has 1 atom stereocenters. The Kier molecular flexibility index (Phi) is 5.22. The van der Waals surface area contributed by atoms with Crippen LogP contribution in [0.15, 0.2) is 54.7 Å². The summed E-state index contributed by atoms with van der Waals surface area (Å²) >= 11 is 1.32. The molecule has 0 aliphatic heterocycles. The van der Waals surface area contributed by atoms with Crippen molar-refractivity contribution in [2.45, 2.75) is 19.4 Å². The molecule has 3 aromatic rings. The molecule has 0 radical (unpaired) electrons. The minimum Gasteiger partial charge on any atom is -0.451 e. The Morgan fingerprint density at radius 1 is 1.24 bits per heavy atom. The summed E-state index contributed by atoms with van der Waals surface area (Å²) in [5, 5.41) is 0.788. The highest BCUT2D eigenvalue weighted by Crippen LogP contribution is 2.30. The van der Waals surface area contributed by atoms with Crippen molar-refractivity contribution in [2.24, 2.45) is 0 Å². The van der Waals surface area contributed by atoms with E-state index in [1.165, 1.54) is 11.3 Å². The number of esters is 1. The molecule has 0 bridgehead atoms. The van der Waals surface area contributed by atoms with Crippen molar-refractivity contribution < 1.29 is 9.53 Å².